The smallest absolute Gasteiger partial charge is 0.241 e. The first-order valence-electron chi connectivity index (χ1n) is 8.26. The minimum Gasteiger partial charge on any atom is -0.241 e. The highest BCUT2D eigenvalue weighted by atomic mass is 35.5. The molecule has 4 rings (SSSR count). The Bertz CT molecular complexity index is 1030. The van der Waals surface area contributed by atoms with Gasteiger partial charge in [0.25, 0.3) is 0 Å². The molecule has 136 valence electrons. The van der Waals surface area contributed by atoms with E-state index in [9.17, 15) is 12.8 Å². The van der Waals surface area contributed by atoms with Crippen LogP contribution in [0.25, 0.3) is 10.2 Å². The third kappa shape index (κ3) is 3.24. The maximum absolute atomic E-state index is 14.2. The molecule has 2 heterocycles. The summed E-state index contributed by atoms with van der Waals surface area (Å²) in [5.41, 5.74) is 0.927. The van der Waals surface area contributed by atoms with Crippen molar-refractivity contribution in [1.82, 2.24) is 9.29 Å². The first-order valence-corrected chi connectivity index (χ1v) is 10.9. The van der Waals surface area contributed by atoms with Gasteiger partial charge in [0.1, 0.15) is 10.7 Å². The zero-order valence-corrected chi connectivity index (χ0v) is 16.1. The minimum absolute atomic E-state index is 0.0197. The van der Waals surface area contributed by atoms with Crippen molar-refractivity contribution in [2.24, 2.45) is 0 Å². The van der Waals surface area contributed by atoms with Crippen LogP contribution in [-0.2, 0) is 10.0 Å². The largest absolute Gasteiger partial charge is 0.246 e. The van der Waals surface area contributed by atoms with Crippen LogP contribution in [0.2, 0.25) is 5.02 Å². The molecular weight excluding hydrogens is 395 g/mol. The molecule has 1 aliphatic heterocycles. The first kappa shape index (κ1) is 17.9. The summed E-state index contributed by atoms with van der Waals surface area (Å²) in [6.45, 7) is 0.690. The Morgan fingerprint density at radius 1 is 1.23 bits per heavy atom. The number of sulfonamides is 1. The topological polar surface area (TPSA) is 50.3 Å². The van der Waals surface area contributed by atoms with E-state index in [-0.39, 0.29) is 15.8 Å². The molecule has 0 saturated carbocycles. The van der Waals surface area contributed by atoms with Crippen molar-refractivity contribution in [3.63, 3.8) is 0 Å². The Balaban J connectivity index is 1.63. The molecule has 0 unspecified atom stereocenters. The number of nitrogens with zero attached hydrogens (tertiary/aromatic N) is 2. The third-order valence-corrected chi connectivity index (χ3v) is 7.89. The van der Waals surface area contributed by atoms with E-state index in [0.29, 0.717) is 13.1 Å². The Kier molecular flexibility index (Phi) is 4.73. The van der Waals surface area contributed by atoms with E-state index in [0.717, 1.165) is 34.1 Å². The second-order valence-electron chi connectivity index (χ2n) is 6.30. The van der Waals surface area contributed by atoms with Crippen molar-refractivity contribution in [3.8, 4) is 0 Å². The molecule has 26 heavy (non-hydrogen) atoms. The number of thiazole rings is 1. The van der Waals surface area contributed by atoms with Crippen LogP contribution >= 0.6 is 22.9 Å². The number of hydrogen-bond donors (Lipinski definition) is 0. The fourth-order valence-corrected chi connectivity index (χ4v) is 6.07. The summed E-state index contributed by atoms with van der Waals surface area (Å²) in [5.74, 6) is -0.800. The number of aromatic nitrogens is 1. The van der Waals surface area contributed by atoms with Crippen molar-refractivity contribution in [2.75, 3.05) is 13.1 Å². The van der Waals surface area contributed by atoms with Gasteiger partial charge in [-0.05, 0) is 43.2 Å². The molecule has 8 heteroatoms. The van der Waals surface area contributed by atoms with Crippen LogP contribution in [0, 0.1) is 5.82 Å². The van der Waals surface area contributed by atoms with Gasteiger partial charge in [-0.25, -0.2) is 17.8 Å². The van der Waals surface area contributed by atoms with Crippen molar-refractivity contribution in [2.45, 2.75) is 23.7 Å². The van der Waals surface area contributed by atoms with Gasteiger partial charge in [-0.1, -0.05) is 23.7 Å². The van der Waals surface area contributed by atoms with Crippen LogP contribution in [0.4, 0.5) is 4.39 Å². The minimum atomic E-state index is -3.90. The van der Waals surface area contributed by atoms with E-state index < -0.39 is 15.8 Å². The molecule has 4 nitrogen and oxygen atoms in total. The van der Waals surface area contributed by atoms with Crippen molar-refractivity contribution >= 4 is 43.2 Å². The molecule has 1 aliphatic rings. The Hall–Kier alpha value is -1.54. The van der Waals surface area contributed by atoms with Gasteiger partial charge < -0.3 is 0 Å². The molecule has 1 atom stereocenters. The van der Waals surface area contributed by atoms with Crippen molar-refractivity contribution in [3.05, 3.63) is 58.3 Å². The molecule has 3 aromatic rings. The lowest BCUT2D eigenvalue weighted by atomic mass is 10.0. The highest BCUT2D eigenvalue weighted by Gasteiger charge is 2.33. The summed E-state index contributed by atoms with van der Waals surface area (Å²) in [5, 5.41) is 1.11. The zero-order valence-electron chi connectivity index (χ0n) is 13.7. The van der Waals surface area contributed by atoms with Crippen molar-refractivity contribution < 1.29 is 12.8 Å². The average molecular weight is 411 g/mol. The van der Waals surface area contributed by atoms with Crippen molar-refractivity contribution in [1.29, 1.82) is 0 Å². The van der Waals surface area contributed by atoms with Crippen LogP contribution in [0.5, 0.6) is 0 Å². The van der Waals surface area contributed by atoms with Gasteiger partial charge in [0.15, 0.2) is 0 Å². The number of piperidine rings is 1. The van der Waals surface area contributed by atoms with E-state index >= 15 is 0 Å². The normalized spacial score (nSPS) is 19.1. The molecule has 0 aliphatic carbocycles. The predicted molar refractivity (Wildman–Crippen MR) is 102 cm³/mol. The number of benzene rings is 2. The van der Waals surface area contributed by atoms with E-state index in [4.69, 9.17) is 11.6 Å². The van der Waals surface area contributed by atoms with E-state index in [1.807, 2.05) is 24.3 Å². The van der Waals surface area contributed by atoms with Crippen LogP contribution in [0.1, 0.15) is 23.8 Å². The van der Waals surface area contributed by atoms with Crippen LogP contribution in [0.15, 0.2) is 47.4 Å². The molecule has 0 spiro atoms. The Morgan fingerprint density at radius 3 is 2.81 bits per heavy atom. The number of rotatable bonds is 3. The highest BCUT2D eigenvalue weighted by Crippen LogP contribution is 2.35. The molecule has 1 saturated heterocycles. The maximum atomic E-state index is 14.2. The van der Waals surface area contributed by atoms with E-state index in [1.165, 1.54) is 16.4 Å². The summed E-state index contributed by atoms with van der Waals surface area (Å²) in [4.78, 5) is 4.33. The molecule has 1 aromatic heterocycles. The molecule has 2 aromatic carbocycles. The van der Waals surface area contributed by atoms with Gasteiger partial charge >= 0.3 is 0 Å². The van der Waals surface area contributed by atoms with Crippen LogP contribution in [0.3, 0.4) is 0 Å². The highest BCUT2D eigenvalue weighted by molar-refractivity contribution is 7.89. The number of para-hydroxylation sites is 1. The summed E-state index contributed by atoms with van der Waals surface area (Å²) >= 11 is 7.33. The molecule has 0 radical (unpaired) electrons. The fourth-order valence-electron chi connectivity index (χ4n) is 3.25. The number of hydrogen-bond acceptors (Lipinski definition) is 4. The standard InChI is InChI=1S/C18H16ClFN2O2S2/c19-13-7-8-17(14(20)10-13)26(23,24)22-9-3-4-12(11-22)18-21-15-5-1-2-6-16(15)25-18/h1-2,5-8,10,12H,3-4,9,11H2/t12-/m0/s1. The lowest BCUT2D eigenvalue weighted by Crippen LogP contribution is -2.39. The van der Waals surface area contributed by atoms with Gasteiger partial charge in [-0.2, -0.15) is 4.31 Å². The quantitative estimate of drug-likeness (QED) is 0.631. The van der Waals surface area contributed by atoms with E-state index in [1.54, 1.807) is 11.3 Å². The molecule has 0 bridgehead atoms. The van der Waals surface area contributed by atoms with Gasteiger partial charge in [0.05, 0.1) is 15.2 Å². The van der Waals surface area contributed by atoms with Gasteiger partial charge in [0.2, 0.25) is 10.0 Å². The summed E-state index contributed by atoms with van der Waals surface area (Å²) in [6.07, 6.45) is 1.59. The second kappa shape index (κ2) is 6.88. The van der Waals surface area contributed by atoms with Gasteiger partial charge in [-0.15, -0.1) is 11.3 Å². The molecule has 1 fully saturated rings. The SMILES string of the molecule is O=S(=O)(c1ccc(Cl)cc1F)N1CCC[C@H](c2nc3ccccc3s2)C1. The summed E-state index contributed by atoms with van der Waals surface area (Å²) in [7, 11) is -3.90. The number of halogens is 2. The first-order chi connectivity index (χ1) is 12.4. The zero-order chi connectivity index (χ0) is 18.3. The maximum Gasteiger partial charge on any atom is 0.246 e. The molecule has 0 amide bonds. The van der Waals surface area contributed by atoms with Crippen LogP contribution in [-0.4, -0.2) is 30.8 Å². The predicted octanol–water partition coefficient (Wildman–Crippen LogP) is 4.66. The molecular formula is C18H16ClFN2O2S2. The molecule has 0 N–H and O–H groups in total. The Labute approximate surface area is 160 Å². The van der Waals surface area contributed by atoms with E-state index in [2.05, 4.69) is 4.98 Å². The lowest BCUT2D eigenvalue weighted by molar-refractivity contribution is 0.314. The summed E-state index contributed by atoms with van der Waals surface area (Å²) in [6, 6.07) is 11.5. The Morgan fingerprint density at radius 2 is 2.04 bits per heavy atom. The average Bonchev–Trinajstić information content (AvgIpc) is 3.06. The lowest BCUT2D eigenvalue weighted by Gasteiger charge is -2.31. The third-order valence-electron chi connectivity index (χ3n) is 4.56. The number of fused-ring (bicyclic) bond motifs is 1. The fraction of sp³-hybridized carbons (Fsp3) is 0.278. The van der Waals surface area contributed by atoms with Crippen LogP contribution < -0.4 is 0 Å². The van der Waals surface area contributed by atoms with Gasteiger partial charge in [-0.3, -0.25) is 0 Å². The monoisotopic (exact) mass is 410 g/mol. The second-order valence-corrected chi connectivity index (χ2v) is 9.70. The summed E-state index contributed by atoms with van der Waals surface area (Å²) < 4.78 is 42.4. The van der Waals surface area contributed by atoms with Gasteiger partial charge in [0, 0.05) is 24.0 Å².